The van der Waals surface area contributed by atoms with Crippen LogP contribution in [-0.4, -0.2) is 29.4 Å². The van der Waals surface area contributed by atoms with E-state index in [9.17, 15) is 14.0 Å². The number of nitrogens with one attached hydrogen (secondary N) is 2. The Morgan fingerprint density at radius 3 is 2.88 bits per heavy atom. The maximum Gasteiger partial charge on any atom is 0.254 e. The van der Waals surface area contributed by atoms with Crippen LogP contribution in [0.3, 0.4) is 0 Å². The Balaban J connectivity index is 1.68. The van der Waals surface area contributed by atoms with Crippen molar-refractivity contribution >= 4 is 23.6 Å². The summed E-state index contributed by atoms with van der Waals surface area (Å²) in [4.78, 5) is 28.6. The maximum atomic E-state index is 13.0. The van der Waals surface area contributed by atoms with E-state index in [4.69, 9.17) is 0 Å². The van der Waals surface area contributed by atoms with Gasteiger partial charge >= 0.3 is 0 Å². The SMILES string of the molecule is O=C(N[C@H]1CCCNC1=O)c1cccnc1SCc1ccc(F)cc1. The number of hydrogen-bond acceptors (Lipinski definition) is 4. The zero-order valence-electron chi connectivity index (χ0n) is 13.5. The van der Waals surface area contributed by atoms with E-state index in [0.717, 1.165) is 12.0 Å². The fraction of sp³-hybridized carbons (Fsp3) is 0.278. The van der Waals surface area contributed by atoms with Crippen molar-refractivity contribution in [2.24, 2.45) is 0 Å². The van der Waals surface area contributed by atoms with Crippen molar-refractivity contribution in [3.05, 3.63) is 59.5 Å². The Hall–Kier alpha value is -2.41. The van der Waals surface area contributed by atoms with Crippen LogP contribution in [0.2, 0.25) is 0 Å². The summed E-state index contributed by atoms with van der Waals surface area (Å²) in [5.41, 5.74) is 1.38. The molecule has 0 aliphatic carbocycles. The fourth-order valence-electron chi connectivity index (χ4n) is 2.56. The fourth-order valence-corrected chi connectivity index (χ4v) is 3.50. The van der Waals surface area contributed by atoms with Gasteiger partial charge in [0.05, 0.1) is 5.56 Å². The number of nitrogens with zero attached hydrogens (tertiary/aromatic N) is 1. The number of hydrogen-bond donors (Lipinski definition) is 2. The number of halogens is 1. The van der Waals surface area contributed by atoms with Crippen LogP contribution >= 0.6 is 11.8 Å². The van der Waals surface area contributed by atoms with E-state index >= 15 is 0 Å². The van der Waals surface area contributed by atoms with Crippen molar-refractivity contribution in [3.8, 4) is 0 Å². The first-order valence-corrected chi connectivity index (χ1v) is 9.03. The lowest BCUT2D eigenvalue weighted by atomic mass is 10.1. The second-order valence-corrected chi connectivity index (χ2v) is 6.69. The number of thioether (sulfide) groups is 1. The molecule has 7 heteroatoms. The standard InChI is InChI=1S/C18H18FN3O2S/c19-13-7-5-12(6-8-13)11-25-18-14(3-1-10-21-18)16(23)22-15-4-2-9-20-17(15)24/h1,3,5-8,10,15H,2,4,9,11H2,(H,20,24)(H,22,23)/t15-/m0/s1. The largest absolute Gasteiger partial charge is 0.354 e. The van der Waals surface area contributed by atoms with Crippen LogP contribution < -0.4 is 10.6 Å². The molecule has 2 heterocycles. The molecule has 25 heavy (non-hydrogen) atoms. The summed E-state index contributed by atoms with van der Waals surface area (Å²) < 4.78 is 13.0. The molecule has 2 amide bonds. The zero-order valence-corrected chi connectivity index (χ0v) is 14.3. The predicted molar refractivity (Wildman–Crippen MR) is 93.7 cm³/mol. The predicted octanol–water partition coefficient (Wildman–Crippen LogP) is 2.52. The van der Waals surface area contributed by atoms with Gasteiger partial charge < -0.3 is 10.6 Å². The molecule has 1 fully saturated rings. The van der Waals surface area contributed by atoms with E-state index in [-0.39, 0.29) is 17.6 Å². The van der Waals surface area contributed by atoms with E-state index in [2.05, 4.69) is 15.6 Å². The molecule has 0 saturated carbocycles. The Bertz CT molecular complexity index is 767. The number of rotatable bonds is 5. The highest BCUT2D eigenvalue weighted by atomic mass is 32.2. The number of carbonyl (C=O) groups is 2. The normalized spacial score (nSPS) is 17.0. The van der Waals surface area contributed by atoms with Gasteiger partial charge in [0.2, 0.25) is 5.91 Å². The molecule has 0 radical (unpaired) electrons. The molecular formula is C18H18FN3O2S. The van der Waals surface area contributed by atoms with Crippen LogP contribution in [0.25, 0.3) is 0 Å². The zero-order chi connectivity index (χ0) is 17.6. The molecule has 0 bridgehead atoms. The van der Waals surface area contributed by atoms with Crippen LogP contribution in [0.5, 0.6) is 0 Å². The van der Waals surface area contributed by atoms with E-state index in [0.29, 0.717) is 29.3 Å². The highest BCUT2D eigenvalue weighted by Gasteiger charge is 2.25. The van der Waals surface area contributed by atoms with Crippen LogP contribution in [0.1, 0.15) is 28.8 Å². The highest BCUT2D eigenvalue weighted by Crippen LogP contribution is 2.24. The molecule has 2 aromatic rings. The first kappa shape index (κ1) is 17.4. The average Bonchev–Trinajstić information content (AvgIpc) is 2.63. The summed E-state index contributed by atoms with van der Waals surface area (Å²) in [5.74, 6) is -0.167. The van der Waals surface area contributed by atoms with Crippen LogP contribution in [0.4, 0.5) is 4.39 Å². The molecule has 1 saturated heterocycles. The second-order valence-electron chi connectivity index (χ2n) is 5.73. The number of benzene rings is 1. The highest BCUT2D eigenvalue weighted by molar-refractivity contribution is 7.98. The molecule has 1 aromatic carbocycles. The number of pyridine rings is 1. The molecule has 2 N–H and O–H groups in total. The van der Waals surface area contributed by atoms with Crippen molar-refractivity contribution in [3.63, 3.8) is 0 Å². The molecule has 1 aliphatic rings. The van der Waals surface area contributed by atoms with Crippen molar-refractivity contribution in [2.75, 3.05) is 6.54 Å². The smallest absolute Gasteiger partial charge is 0.254 e. The molecule has 5 nitrogen and oxygen atoms in total. The average molecular weight is 359 g/mol. The quantitative estimate of drug-likeness (QED) is 0.805. The van der Waals surface area contributed by atoms with Gasteiger partial charge in [-0.05, 0) is 42.7 Å². The summed E-state index contributed by atoms with van der Waals surface area (Å²) in [6.07, 6.45) is 3.10. The molecular weight excluding hydrogens is 341 g/mol. The van der Waals surface area contributed by atoms with Gasteiger partial charge in [-0.2, -0.15) is 0 Å². The van der Waals surface area contributed by atoms with Gasteiger partial charge in [-0.25, -0.2) is 9.37 Å². The molecule has 1 aromatic heterocycles. The van der Waals surface area contributed by atoms with E-state index < -0.39 is 6.04 Å². The summed E-state index contributed by atoms with van der Waals surface area (Å²) in [6.45, 7) is 0.650. The summed E-state index contributed by atoms with van der Waals surface area (Å²) in [6, 6.07) is 9.10. The van der Waals surface area contributed by atoms with Gasteiger partial charge in [0.1, 0.15) is 16.9 Å². The maximum absolute atomic E-state index is 13.0. The summed E-state index contributed by atoms with van der Waals surface area (Å²) >= 11 is 1.40. The first-order valence-electron chi connectivity index (χ1n) is 8.04. The monoisotopic (exact) mass is 359 g/mol. The van der Waals surface area contributed by atoms with Crippen LogP contribution in [-0.2, 0) is 10.5 Å². The lowest BCUT2D eigenvalue weighted by Crippen LogP contribution is -2.50. The molecule has 3 rings (SSSR count). The van der Waals surface area contributed by atoms with Gasteiger partial charge in [0, 0.05) is 18.5 Å². The minimum Gasteiger partial charge on any atom is -0.354 e. The van der Waals surface area contributed by atoms with E-state index in [1.807, 2.05) is 0 Å². The third kappa shape index (κ3) is 4.57. The van der Waals surface area contributed by atoms with Gasteiger partial charge in [0.15, 0.2) is 0 Å². The van der Waals surface area contributed by atoms with Gasteiger partial charge in [-0.3, -0.25) is 9.59 Å². The topological polar surface area (TPSA) is 71.1 Å². The number of amides is 2. The Morgan fingerprint density at radius 2 is 2.12 bits per heavy atom. The number of piperidine rings is 1. The van der Waals surface area contributed by atoms with Crippen molar-refractivity contribution in [2.45, 2.75) is 29.7 Å². The van der Waals surface area contributed by atoms with Crippen molar-refractivity contribution < 1.29 is 14.0 Å². The van der Waals surface area contributed by atoms with Crippen molar-refractivity contribution in [1.29, 1.82) is 0 Å². The third-order valence-electron chi connectivity index (χ3n) is 3.90. The number of carbonyl (C=O) groups excluding carboxylic acids is 2. The molecule has 0 unspecified atom stereocenters. The third-order valence-corrected chi connectivity index (χ3v) is 4.97. The molecule has 0 spiro atoms. The van der Waals surface area contributed by atoms with Crippen LogP contribution in [0.15, 0.2) is 47.6 Å². The van der Waals surface area contributed by atoms with Crippen molar-refractivity contribution in [1.82, 2.24) is 15.6 Å². The van der Waals surface area contributed by atoms with Gasteiger partial charge in [-0.1, -0.05) is 12.1 Å². The Kier molecular flexibility index (Phi) is 5.65. The Morgan fingerprint density at radius 1 is 1.32 bits per heavy atom. The van der Waals surface area contributed by atoms with E-state index in [1.165, 1.54) is 23.9 Å². The van der Waals surface area contributed by atoms with E-state index in [1.54, 1.807) is 30.5 Å². The summed E-state index contributed by atoms with van der Waals surface area (Å²) in [7, 11) is 0. The summed E-state index contributed by atoms with van der Waals surface area (Å²) in [5, 5.41) is 6.11. The second kappa shape index (κ2) is 8.11. The Labute approximate surface area is 149 Å². The lowest BCUT2D eigenvalue weighted by Gasteiger charge is -2.23. The minimum atomic E-state index is -0.503. The molecule has 130 valence electrons. The molecule has 1 aliphatic heterocycles. The van der Waals surface area contributed by atoms with Gasteiger partial charge in [-0.15, -0.1) is 11.8 Å². The van der Waals surface area contributed by atoms with Gasteiger partial charge in [0.25, 0.3) is 5.91 Å². The molecule has 1 atom stereocenters. The number of aromatic nitrogens is 1. The first-order chi connectivity index (χ1) is 12.1. The van der Waals surface area contributed by atoms with Crippen LogP contribution in [0, 0.1) is 5.82 Å². The lowest BCUT2D eigenvalue weighted by molar-refractivity contribution is -0.124. The minimum absolute atomic E-state index is 0.149.